The second-order valence-electron chi connectivity index (χ2n) is 5.51. The fourth-order valence-electron chi connectivity index (χ4n) is 2.02. The molecule has 3 aromatic rings. The van der Waals surface area contributed by atoms with Crippen molar-refractivity contribution in [3.05, 3.63) is 53.0 Å². The van der Waals surface area contributed by atoms with Gasteiger partial charge in [0.1, 0.15) is 5.75 Å². The summed E-state index contributed by atoms with van der Waals surface area (Å²) in [6.45, 7) is 3.47. The summed E-state index contributed by atoms with van der Waals surface area (Å²) in [5.41, 5.74) is -0.134. The van der Waals surface area contributed by atoms with Crippen molar-refractivity contribution in [3.63, 3.8) is 0 Å². The van der Waals surface area contributed by atoms with Crippen LogP contribution in [0.2, 0.25) is 0 Å². The molecule has 4 nitrogen and oxygen atoms in total. The van der Waals surface area contributed by atoms with Crippen LogP contribution in [0, 0.1) is 0 Å². The molecule has 1 aromatic heterocycles. The average Bonchev–Trinajstić information content (AvgIpc) is 2.91. The molecule has 0 fully saturated rings. The van der Waals surface area contributed by atoms with Gasteiger partial charge in [0.05, 0.1) is 10.2 Å². The summed E-state index contributed by atoms with van der Waals surface area (Å²) in [7, 11) is 0. The number of nitrogens with one attached hydrogen (secondary N) is 1. The Morgan fingerprint density at radius 3 is 2.57 bits per heavy atom. The number of para-hydroxylation sites is 1. The van der Waals surface area contributed by atoms with Crippen LogP contribution in [0.1, 0.15) is 13.8 Å². The maximum atomic E-state index is 12.5. The molecule has 0 aliphatic carbocycles. The van der Waals surface area contributed by atoms with Crippen LogP contribution >= 0.6 is 27.3 Å². The first-order valence-electron chi connectivity index (χ1n) is 7.06. The van der Waals surface area contributed by atoms with E-state index in [2.05, 4.69) is 26.2 Å². The maximum Gasteiger partial charge on any atom is 0.269 e. The molecular formula is C17H15BrN2O2S. The number of ether oxygens (including phenoxy) is 1. The first-order chi connectivity index (χ1) is 10.9. The monoisotopic (exact) mass is 390 g/mol. The van der Waals surface area contributed by atoms with E-state index in [1.165, 1.54) is 11.3 Å². The molecule has 1 amide bonds. The van der Waals surface area contributed by atoms with Crippen LogP contribution in [0.4, 0.5) is 5.13 Å². The number of hydrogen-bond donors (Lipinski definition) is 1. The van der Waals surface area contributed by atoms with E-state index in [0.717, 1.165) is 14.7 Å². The number of hydrogen-bond acceptors (Lipinski definition) is 4. The Kier molecular flexibility index (Phi) is 4.37. The number of halogens is 1. The number of thiazole rings is 1. The molecule has 0 radical (unpaired) electrons. The highest BCUT2D eigenvalue weighted by molar-refractivity contribution is 9.10. The number of fused-ring (bicyclic) bond motifs is 1. The molecule has 118 valence electrons. The molecule has 6 heteroatoms. The molecule has 0 unspecified atom stereocenters. The Morgan fingerprint density at radius 2 is 1.87 bits per heavy atom. The van der Waals surface area contributed by atoms with Gasteiger partial charge in [-0.25, -0.2) is 4.98 Å². The molecule has 1 heterocycles. The zero-order valence-electron chi connectivity index (χ0n) is 12.7. The van der Waals surface area contributed by atoms with Gasteiger partial charge in [-0.15, -0.1) is 0 Å². The SMILES string of the molecule is CC(C)(Oc1ccc(Br)cc1)C(=O)Nc1nc2ccccc2s1. The lowest BCUT2D eigenvalue weighted by atomic mass is 10.1. The predicted octanol–water partition coefficient (Wildman–Crippen LogP) is 4.85. The summed E-state index contributed by atoms with van der Waals surface area (Å²) < 4.78 is 7.81. The summed E-state index contributed by atoms with van der Waals surface area (Å²) in [4.78, 5) is 16.9. The van der Waals surface area contributed by atoms with Crippen molar-refractivity contribution in [1.82, 2.24) is 4.98 Å². The third-order valence-electron chi connectivity index (χ3n) is 3.25. The molecule has 0 saturated carbocycles. The number of aromatic nitrogens is 1. The Labute approximate surface area is 146 Å². The van der Waals surface area contributed by atoms with Crippen molar-refractivity contribution in [2.75, 3.05) is 5.32 Å². The quantitative estimate of drug-likeness (QED) is 0.692. The van der Waals surface area contributed by atoms with Crippen molar-refractivity contribution >= 4 is 48.5 Å². The molecule has 0 bridgehead atoms. The fraction of sp³-hybridized carbons (Fsp3) is 0.176. The molecule has 0 atom stereocenters. The lowest BCUT2D eigenvalue weighted by Crippen LogP contribution is -2.42. The van der Waals surface area contributed by atoms with Gasteiger partial charge in [-0.2, -0.15) is 0 Å². The van der Waals surface area contributed by atoms with Crippen LogP contribution in [-0.2, 0) is 4.79 Å². The van der Waals surface area contributed by atoms with Gasteiger partial charge < -0.3 is 4.74 Å². The Bertz CT molecular complexity index is 810. The van der Waals surface area contributed by atoms with Crippen LogP contribution in [0.5, 0.6) is 5.75 Å². The van der Waals surface area contributed by atoms with E-state index in [0.29, 0.717) is 10.9 Å². The van der Waals surface area contributed by atoms with Crippen LogP contribution < -0.4 is 10.1 Å². The first kappa shape index (κ1) is 16.0. The minimum absolute atomic E-state index is 0.237. The molecule has 0 aliphatic heterocycles. The smallest absolute Gasteiger partial charge is 0.269 e. The van der Waals surface area contributed by atoms with Crippen LogP contribution in [-0.4, -0.2) is 16.5 Å². The lowest BCUT2D eigenvalue weighted by molar-refractivity contribution is -0.128. The van der Waals surface area contributed by atoms with Crippen molar-refractivity contribution in [1.29, 1.82) is 0 Å². The van der Waals surface area contributed by atoms with Gasteiger partial charge in [0.2, 0.25) is 0 Å². The van der Waals surface area contributed by atoms with E-state index >= 15 is 0 Å². The number of benzene rings is 2. The van der Waals surface area contributed by atoms with Crippen LogP contribution in [0.15, 0.2) is 53.0 Å². The van der Waals surface area contributed by atoms with Crippen molar-refractivity contribution < 1.29 is 9.53 Å². The standard InChI is InChI=1S/C17H15BrN2O2S/c1-17(2,22-12-9-7-11(18)8-10-12)15(21)20-16-19-13-5-3-4-6-14(13)23-16/h3-10H,1-2H3,(H,19,20,21). The summed E-state index contributed by atoms with van der Waals surface area (Å²) in [6.07, 6.45) is 0. The predicted molar refractivity (Wildman–Crippen MR) is 97.1 cm³/mol. The molecule has 23 heavy (non-hydrogen) atoms. The van der Waals surface area contributed by atoms with Crippen LogP contribution in [0.25, 0.3) is 10.2 Å². The van der Waals surface area contributed by atoms with Crippen molar-refractivity contribution in [2.24, 2.45) is 0 Å². The Morgan fingerprint density at radius 1 is 1.17 bits per heavy atom. The molecule has 3 rings (SSSR count). The van der Waals surface area contributed by atoms with Crippen molar-refractivity contribution in [3.8, 4) is 5.75 Å². The van der Waals surface area contributed by atoms with E-state index in [1.54, 1.807) is 13.8 Å². The normalized spacial score (nSPS) is 11.4. The molecule has 1 N–H and O–H groups in total. The van der Waals surface area contributed by atoms with Gasteiger partial charge in [0.15, 0.2) is 10.7 Å². The fourth-order valence-corrected chi connectivity index (χ4v) is 3.14. The molecule has 2 aromatic carbocycles. The number of anilines is 1. The Balaban J connectivity index is 1.74. The van der Waals surface area contributed by atoms with Crippen LogP contribution in [0.3, 0.4) is 0 Å². The highest BCUT2D eigenvalue weighted by Crippen LogP contribution is 2.27. The van der Waals surface area contributed by atoms with Gasteiger partial charge >= 0.3 is 0 Å². The minimum atomic E-state index is -1.01. The third-order valence-corrected chi connectivity index (χ3v) is 4.73. The molecule has 0 spiro atoms. The van der Waals surface area contributed by atoms with E-state index in [-0.39, 0.29) is 5.91 Å². The number of carbonyl (C=O) groups is 1. The van der Waals surface area contributed by atoms with E-state index in [9.17, 15) is 4.79 Å². The summed E-state index contributed by atoms with van der Waals surface area (Å²) >= 11 is 4.82. The summed E-state index contributed by atoms with van der Waals surface area (Å²) in [5, 5.41) is 3.41. The minimum Gasteiger partial charge on any atom is -0.478 e. The van der Waals surface area contributed by atoms with E-state index < -0.39 is 5.60 Å². The lowest BCUT2D eigenvalue weighted by Gasteiger charge is -2.24. The zero-order valence-corrected chi connectivity index (χ0v) is 15.1. The zero-order chi connectivity index (χ0) is 16.4. The third kappa shape index (κ3) is 3.71. The topological polar surface area (TPSA) is 51.2 Å². The number of rotatable bonds is 4. The van der Waals surface area contributed by atoms with Gasteiger partial charge in [0.25, 0.3) is 5.91 Å². The second kappa shape index (κ2) is 6.29. The Hall–Kier alpha value is -1.92. The second-order valence-corrected chi connectivity index (χ2v) is 7.45. The largest absolute Gasteiger partial charge is 0.478 e. The summed E-state index contributed by atoms with van der Waals surface area (Å²) in [5.74, 6) is 0.400. The van der Waals surface area contributed by atoms with Gasteiger partial charge in [-0.3, -0.25) is 10.1 Å². The van der Waals surface area contributed by atoms with Gasteiger partial charge in [0, 0.05) is 4.47 Å². The molecular weight excluding hydrogens is 376 g/mol. The average molecular weight is 391 g/mol. The number of carbonyl (C=O) groups excluding carboxylic acids is 1. The maximum absolute atomic E-state index is 12.5. The van der Waals surface area contributed by atoms with Gasteiger partial charge in [-0.05, 0) is 50.2 Å². The molecule has 0 saturated heterocycles. The van der Waals surface area contributed by atoms with E-state index in [1.807, 2.05) is 48.5 Å². The highest BCUT2D eigenvalue weighted by atomic mass is 79.9. The number of amides is 1. The molecule has 0 aliphatic rings. The number of nitrogens with zero attached hydrogens (tertiary/aromatic N) is 1. The highest BCUT2D eigenvalue weighted by Gasteiger charge is 2.30. The first-order valence-corrected chi connectivity index (χ1v) is 8.67. The van der Waals surface area contributed by atoms with Crippen molar-refractivity contribution in [2.45, 2.75) is 19.4 Å². The summed E-state index contributed by atoms with van der Waals surface area (Å²) in [6, 6.07) is 15.2. The van der Waals surface area contributed by atoms with E-state index in [4.69, 9.17) is 4.74 Å². The van der Waals surface area contributed by atoms with Gasteiger partial charge in [-0.1, -0.05) is 39.4 Å².